The third kappa shape index (κ3) is 1.81. The Balaban J connectivity index is 2.44. The fraction of sp³-hybridized carbons (Fsp3) is 0.300. The molecule has 0 fully saturated rings. The predicted molar refractivity (Wildman–Crippen MR) is 60.3 cm³/mol. The van der Waals surface area contributed by atoms with Crippen molar-refractivity contribution in [2.45, 2.75) is 6.54 Å². The molecule has 0 atom stereocenters. The van der Waals surface area contributed by atoms with E-state index in [1.165, 1.54) is 5.56 Å². The minimum absolute atomic E-state index is 0.945. The molecule has 0 saturated heterocycles. The zero-order valence-electron chi connectivity index (χ0n) is 8.24. The van der Waals surface area contributed by atoms with Crippen LogP contribution in [-0.4, -0.2) is 28.4 Å². The molecule has 0 bridgehead atoms. The van der Waals surface area contributed by atoms with Crippen LogP contribution in [-0.2, 0) is 6.54 Å². The van der Waals surface area contributed by atoms with E-state index in [0.717, 1.165) is 16.8 Å². The van der Waals surface area contributed by atoms with Gasteiger partial charge in [0.1, 0.15) is 10.3 Å². The summed E-state index contributed by atoms with van der Waals surface area (Å²) < 4.78 is 3.03. The van der Waals surface area contributed by atoms with E-state index in [-0.39, 0.29) is 0 Å². The van der Waals surface area contributed by atoms with E-state index >= 15 is 0 Å². The fourth-order valence-corrected chi connectivity index (χ4v) is 1.84. The number of hydrogen-bond donors (Lipinski definition) is 0. The van der Waals surface area contributed by atoms with E-state index in [0.29, 0.717) is 0 Å². The van der Waals surface area contributed by atoms with Gasteiger partial charge in [0.15, 0.2) is 0 Å². The molecule has 0 N–H and O–H groups in total. The summed E-state index contributed by atoms with van der Waals surface area (Å²) in [5.41, 5.74) is 2.25. The normalized spacial score (nSPS) is 11.4. The topological polar surface area (TPSA) is 20.5 Å². The van der Waals surface area contributed by atoms with Crippen molar-refractivity contribution in [2.24, 2.45) is 0 Å². The minimum atomic E-state index is 0.945. The highest BCUT2D eigenvalue weighted by atomic mass is 79.9. The lowest BCUT2D eigenvalue weighted by Gasteiger charge is -2.09. The van der Waals surface area contributed by atoms with Crippen LogP contribution in [0, 0.1) is 0 Å². The molecule has 2 aromatic heterocycles. The van der Waals surface area contributed by atoms with Crippen molar-refractivity contribution in [2.75, 3.05) is 14.1 Å². The van der Waals surface area contributed by atoms with Crippen LogP contribution >= 0.6 is 15.9 Å². The summed E-state index contributed by atoms with van der Waals surface area (Å²) in [5, 5.41) is 0. The maximum Gasteiger partial charge on any atom is 0.137 e. The van der Waals surface area contributed by atoms with E-state index in [1.807, 2.05) is 16.7 Å². The Hall–Kier alpha value is -0.870. The second-order valence-electron chi connectivity index (χ2n) is 3.58. The Bertz CT molecular complexity index is 448. The second kappa shape index (κ2) is 3.71. The molecule has 74 valence electrons. The van der Waals surface area contributed by atoms with Gasteiger partial charge < -0.3 is 4.90 Å². The molecule has 0 amide bonds. The Morgan fingerprint density at radius 3 is 2.93 bits per heavy atom. The van der Waals surface area contributed by atoms with Gasteiger partial charge in [0.2, 0.25) is 0 Å². The van der Waals surface area contributed by atoms with Gasteiger partial charge in [-0.05, 0) is 41.7 Å². The van der Waals surface area contributed by atoms with Crippen LogP contribution in [0.4, 0.5) is 0 Å². The van der Waals surface area contributed by atoms with E-state index in [1.54, 1.807) is 0 Å². The fourth-order valence-electron chi connectivity index (χ4n) is 1.45. The molecule has 0 spiro atoms. The summed E-state index contributed by atoms with van der Waals surface area (Å²) >= 11 is 3.45. The SMILES string of the molecule is CN(C)Cc1ccc2ncc(Br)n2c1. The van der Waals surface area contributed by atoms with Crippen LogP contribution in [0.1, 0.15) is 5.56 Å². The molecule has 0 radical (unpaired) electrons. The molecule has 0 aliphatic heterocycles. The number of aromatic nitrogens is 2. The van der Waals surface area contributed by atoms with Gasteiger partial charge in [0.25, 0.3) is 0 Å². The van der Waals surface area contributed by atoms with Crippen LogP contribution in [0.3, 0.4) is 0 Å². The highest BCUT2D eigenvalue weighted by molar-refractivity contribution is 9.10. The molecule has 0 aliphatic rings. The molecule has 4 heteroatoms. The van der Waals surface area contributed by atoms with Crippen LogP contribution in [0.25, 0.3) is 5.65 Å². The summed E-state index contributed by atoms with van der Waals surface area (Å²) in [5.74, 6) is 0. The number of halogens is 1. The van der Waals surface area contributed by atoms with E-state index in [4.69, 9.17) is 0 Å². The van der Waals surface area contributed by atoms with Crippen molar-refractivity contribution in [3.63, 3.8) is 0 Å². The van der Waals surface area contributed by atoms with Crippen molar-refractivity contribution < 1.29 is 0 Å². The molecule has 0 aromatic carbocycles. The van der Waals surface area contributed by atoms with Gasteiger partial charge in [-0.25, -0.2) is 4.98 Å². The third-order valence-corrected chi connectivity index (χ3v) is 2.61. The van der Waals surface area contributed by atoms with Crippen molar-refractivity contribution >= 4 is 21.6 Å². The van der Waals surface area contributed by atoms with Crippen LogP contribution in [0.15, 0.2) is 29.1 Å². The standard InChI is InChI=1S/C10H12BrN3/c1-13(2)6-8-3-4-10-12-5-9(11)14(10)7-8/h3-5,7H,6H2,1-2H3. The Labute approximate surface area is 91.5 Å². The Kier molecular flexibility index (Phi) is 2.56. The van der Waals surface area contributed by atoms with E-state index < -0.39 is 0 Å². The Morgan fingerprint density at radius 1 is 1.43 bits per heavy atom. The van der Waals surface area contributed by atoms with Gasteiger partial charge in [-0.2, -0.15) is 0 Å². The summed E-state index contributed by atoms with van der Waals surface area (Å²) in [4.78, 5) is 6.39. The van der Waals surface area contributed by atoms with E-state index in [9.17, 15) is 0 Å². The molecule has 3 nitrogen and oxygen atoms in total. The van der Waals surface area contributed by atoms with Gasteiger partial charge in [-0.15, -0.1) is 0 Å². The van der Waals surface area contributed by atoms with Gasteiger partial charge in [-0.3, -0.25) is 4.40 Å². The first kappa shape index (κ1) is 9.68. The van der Waals surface area contributed by atoms with Crippen molar-refractivity contribution in [3.8, 4) is 0 Å². The molecule has 0 unspecified atom stereocenters. The average molecular weight is 254 g/mol. The summed E-state index contributed by atoms with van der Waals surface area (Å²) in [6.07, 6.45) is 3.92. The van der Waals surface area contributed by atoms with Gasteiger partial charge >= 0.3 is 0 Å². The largest absolute Gasteiger partial charge is 0.305 e. The highest BCUT2D eigenvalue weighted by Crippen LogP contribution is 2.14. The van der Waals surface area contributed by atoms with Crippen LogP contribution < -0.4 is 0 Å². The van der Waals surface area contributed by atoms with Gasteiger partial charge in [-0.1, -0.05) is 6.07 Å². The maximum absolute atomic E-state index is 4.24. The minimum Gasteiger partial charge on any atom is -0.305 e. The lowest BCUT2D eigenvalue weighted by Crippen LogP contribution is -2.11. The van der Waals surface area contributed by atoms with Crippen molar-refractivity contribution in [1.29, 1.82) is 0 Å². The number of rotatable bonds is 2. The first-order chi connectivity index (χ1) is 6.66. The molecule has 2 aromatic rings. The first-order valence-corrected chi connectivity index (χ1v) is 5.22. The van der Waals surface area contributed by atoms with Gasteiger partial charge in [0.05, 0.1) is 6.20 Å². The molecule has 14 heavy (non-hydrogen) atoms. The zero-order valence-corrected chi connectivity index (χ0v) is 9.82. The first-order valence-electron chi connectivity index (χ1n) is 4.43. The molecular formula is C10H12BrN3. The zero-order chi connectivity index (χ0) is 10.1. The molecule has 2 rings (SSSR count). The quantitative estimate of drug-likeness (QED) is 0.818. The van der Waals surface area contributed by atoms with Crippen molar-refractivity contribution in [3.05, 3.63) is 34.7 Å². The van der Waals surface area contributed by atoms with Gasteiger partial charge in [0, 0.05) is 12.7 Å². The Morgan fingerprint density at radius 2 is 2.21 bits per heavy atom. The van der Waals surface area contributed by atoms with E-state index in [2.05, 4.69) is 52.2 Å². The van der Waals surface area contributed by atoms with Crippen LogP contribution in [0.2, 0.25) is 0 Å². The number of fused-ring (bicyclic) bond motifs is 1. The summed E-state index contributed by atoms with van der Waals surface area (Å²) in [6.45, 7) is 0.945. The number of hydrogen-bond acceptors (Lipinski definition) is 2. The summed E-state index contributed by atoms with van der Waals surface area (Å²) in [7, 11) is 4.13. The molecule has 0 saturated carbocycles. The van der Waals surface area contributed by atoms with Crippen LogP contribution in [0.5, 0.6) is 0 Å². The number of pyridine rings is 1. The molecule has 2 heterocycles. The number of imidazole rings is 1. The lowest BCUT2D eigenvalue weighted by atomic mass is 10.3. The molecule has 0 aliphatic carbocycles. The summed E-state index contributed by atoms with van der Waals surface area (Å²) in [6, 6.07) is 4.14. The smallest absolute Gasteiger partial charge is 0.137 e. The average Bonchev–Trinajstić information content (AvgIpc) is 2.47. The van der Waals surface area contributed by atoms with Crippen molar-refractivity contribution in [1.82, 2.24) is 14.3 Å². The number of nitrogens with zero attached hydrogens (tertiary/aromatic N) is 3. The maximum atomic E-state index is 4.24. The molecular weight excluding hydrogens is 242 g/mol. The second-order valence-corrected chi connectivity index (χ2v) is 4.40. The highest BCUT2D eigenvalue weighted by Gasteiger charge is 2.01. The monoisotopic (exact) mass is 253 g/mol. The lowest BCUT2D eigenvalue weighted by molar-refractivity contribution is 0.402. The third-order valence-electron chi connectivity index (χ3n) is 2.02. The predicted octanol–water partition coefficient (Wildman–Crippen LogP) is 2.16.